The van der Waals surface area contributed by atoms with Crippen molar-refractivity contribution < 1.29 is 24.0 Å². The van der Waals surface area contributed by atoms with Gasteiger partial charge in [0, 0.05) is 30.2 Å². The summed E-state index contributed by atoms with van der Waals surface area (Å²) in [6.45, 7) is 8.74. The maximum absolute atomic E-state index is 11.9. The van der Waals surface area contributed by atoms with Crippen molar-refractivity contribution in [3.8, 4) is 5.75 Å². The standard InChI is InChI=1S/C22H27NO5S.C4H8/c1-3-26-20(22(24)28-25-2)16-17-8-10-18(11-9-17)27-14-12-23-13-15-29-21-7-5-4-6-19(21)23;1-3-4-2/h4-11,20H,3,12-16H2,1-2H3;3-4H,1-2H3/b;4-3-. The van der Waals surface area contributed by atoms with E-state index >= 15 is 0 Å². The van der Waals surface area contributed by atoms with E-state index in [9.17, 15) is 4.79 Å². The van der Waals surface area contributed by atoms with Crippen LogP contribution in [0.5, 0.6) is 5.75 Å². The maximum Gasteiger partial charge on any atom is 0.371 e. The first-order chi connectivity index (χ1) is 16.1. The summed E-state index contributed by atoms with van der Waals surface area (Å²) < 4.78 is 11.4. The molecule has 0 radical (unpaired) electrons. The SMILES string of the molecule is C/C=C\C.CCOC(Cc1ccc(OCCN2CCSc3ccccc32)cc1)C(=O)OOC. The van der Waals surface area contributed by atoms with Crippen LogP contribution in [0.15, 0.2) is 65.6 Å². The summed E-state index contributed by atoms with van der Waals surface area (Å²) in [5, 5.41) is 0. The van der Waals surface area contributed by atoms with Gasteiger partial charge in [-0.1, -0.05) is 36.4 Å². The Balaban J connectivity index is 0.000000890. The third-order valence-corrected chi connectivity index (χ3v) is 5.97. The summed E-state index contributed by atoms with van der Waals surface area (Å²) in [6, 6.07) is 16.2. The first-order valence-electron chi connectivity index (χ1n) is 11.2. The number of anilines is 1. The first kappa shape index (κ1) is 26.8. The van der Waals surface area contributed by atoms with E-state index < -0.39 is 12.1 Å². The van der Waals surface area contributed by atoms with Crippen LogP contribution in [0.4, 0.5) is 5.69 Å². The molecule has 1 aliphatic heterocycles. The lowest BCUT2D eigenvalue weighted by molar-refractivity contribution is -0.263. The lowest BCUT2D eigenvalue weighted by Crippen LogP contribution is -2.33. The molecule has 1 atom stereocenters. The highest BCUT2D eigenvalue weighted by Crippen LogP contribution is 2.33. The van der Waals surface area contributed by atoms with Gasteiger partial charge in [0.25, 0.3) is 0 Å². The number of carbonyl (C=O) groups is 1. The lowest BCUT2D eigenvalue weighted by atomic mass is 10.1. The fraction of sp³-hybridized carbons (Fsp3) is 0.423. The molecule has 2 aromatic rings. The number of fused-ring (bicyclic) bond motifs is 1. The zero-order valence-electron chi connectivity index (χ0n) is 20.0. The van der Waals surface area contributed by atoms with E-state index in [1.165, 1.54) is 17.7 Å². The van der Waals surface area contributed by atoms with Gasteiger partial charge in [-0.25, -0.2) is 4.79 Å². The van der Waals surface area contributed by atoms with Crippen molar-refractivity contribution in [1.82, 2.24) is 0 Å². The number of nitrogens with zero attached hydrogens (tertiary/aromatic N) is 1. The molecule has 0 aliphatic carbocycles. The largest absolute Gasteiger partial charge is 0.492 e. The number of hydrogen-bond acceptors (Lipinski definition) is 7. The molecule has 0 N–H and O–H groups in total. The van der Waals surface area contributed by atoms with Gasteiger partial charge in [0.1, 0.15) is 12.4 Å². The molecule has 0 fully saturated rings. The molecule has 1 aliphatic rings. The van der Waals surface area contributed by atoms with Gasteiger partial charge in [0.15, 0.2) is 6.10 Å². The number of hydrogen-bond donors (Lipinski definition) is 0. The molecule has 180 valence electrons. The minimum absolute atomic E-state index is 0.415. The molecule has 6 nitrogen and oxygen atoms in total. The van der Waals surface area contributed by atoms with Gasteiger partial charge in [0.05, 0.1) is 19.3 Å². The van der Waals surface area contributed by atoms with E-state index in [1.807, 2.05) is 69.0 Å². The smallest absolute Gasteiger partial charge is 0.371 e. The predicted octanol–water partition coefficient (Wildman–Crippen LogP) is 5.31. The molecule has 7 heteroatoms. The van der Waals surface area contributed by atoms with Crippen LogP contribution in [-0.4, -0.2) is 51.2 Å². The number of ether oxygens (including phenoxy) is 2. The fourth-order valence-electron chi connectivity index (χ4n) is 3.22. The van der Waals surface area contributed by atoms with Crippen LogP contribution in [0.1, 0.15) is 26.3 Å². The Morgan fingerprint density at radius 1 is 1.12 bits per heavy atom. The third kappa shape index (κ3) is 9.12. The molecular formula is C26H35NO5S. The minimum Gasteiger partial charge on any atom is -0.492 e. The molecule has 0 saturated carbocycles. The second kappa shape index (κ2) is 15.4. The van der Waals surface area contributed by atoms with Crippen molar-refractivity contribution >= 4 is 23.4 Å². The Kier molecular flexibility index (Phi) is 12.5. The Hall–Kier alpha value is -2.48. The van der Waals surface area contributed by atoms with Crippen LogP contribution < -0.4 is 9.64 Å². The van der Waals surface area contributed by atoms with E-state index in [2.05, 4.69) is 38.9 Å². The molecule has 0 bridgehead atoms. The Labute approximate surface area is 201 Å². The number of thioether (sulfide) groups is 1. The highest BCUT2D eigenvalue weighted by Gasteiger charge is 2.22. The summed E-state index contributed by atoms with van der Waals surface area (Å²) in [5.74, 6) is 1.37. The number of benzene rings is 2. The molecular weight excluding hydrogens is 438 g/mol. The molecule has 0 saturated heterocycles. The van der Waals surface area contributed by atoms with Crippen LogP contribution in [0, 0.1) is 0 Å². The summed E-state index contributed by atoms with van der Waals surface area (Å²) in [4.78, 5) is 24.6. The van der Waals surface area contributed by atoms with Crippen LogP contribution in [0.3, 0.4) is 0 Å². The van der Waals surface area contributed by atoms with Gasteiger partial charge in [-0.15, -0.1) is 11.8 Å². The van der Waals surface area contributed by atoms with Crippen LogP contribution in [0.2, 0.25) is 0 Å². The topological polar surface area (TPSA) is 57.2 Å². The average Bonchev–Trinajstić information content (AvgIpc) is 2.85. The molecule has 0 amide bonds. The third-order valence-electron chi connectivity index (χ3n) is 4.93. The number of rotatable bonds is 10. The zero-order valence-corrected chi connectivity index (χ0v) is 20.8. The second-order valence-electron chi connectivity index (χ2n) is 7.18. The maximum atomic E-state index is 11.9. The normalized spacial score (nSPS) is 13.6. The van der Waals surface area contributed by atoms with E-state index in [4.69, 9.17) is 9.47 Å². The van der Waals surface area contributed by atoms with Crippen molar-refractivity contribution in [2.75, 3.05) is 44.1 Å². The van der Waals surface area contributed by atoms with Crippen molar-refractivity contribution in [2.45, 2.75) is 38.2 Å². The van der Waals surface area contributed by atoms with Crippen LogP contribution in [0.25, 0.3) is 0 Å². The van der Waals surface area contributed by atoms with Gasteiger partial charge >= 0.3 is 5.97 Å². The summed E-state index contributed by atoms with van der Waals surface area (Å²) in [5.41, 5.74) is 2.25. The lowest BCUT2D eigenvalue weighted by Gasteiger charge is -2.30. The van der Waals surface area contributed by atoms with E-state index in [0.29, 0.717) is 19.6 Å². The van der Waals surface area contributed by atoms with Crippen LogP contribution in [-0.2, 0) is 25.7 Å². The monoisotopic (exact) mass is 473 g/mol. The van der Waals surface area contributed by atoms with E-state index in [-0.39, 0.29) is 0 Å². The Bertz CT molecular complexity index is 852. The molecule has 2 aromatic carbocycles. The van der Waals surface area contributed by atoms with Gasteiger partial charge in [-0.2, -0.15) is 4.89 Å². The van der Waals surface area contributed by atoms with Crippen molar-refractivity contribution in [1.29, 1.82) is 0 Å². The minimum atomic E-state index is -0.691. The highest BCUT2D eigenvalue weighted by atomic mass is 32.2. The van der Waals surface area contributed by atoms with Crippen molar-refractivity contribution in [3.63, 3.8) is 0 Å². The first-order valence-corrected chi connectivity index (χ1v) is 12.2. The molecule has 0 aromatic heterocycles. The summed E-state index contributed by atoms with van der Waals surface area (Å²) >= 11 is 1.90. The zero-order chi connectivity index (χ0) is 23.9. The second-order valence-corrected chi connectivity index (χ2v) is 8.32. The number of carbonyl (C=O) groups excluding carboxylic acids is 1. The summed E-state index contributed by atoms with van der Waals surface area (Å²) in [7, 11) is 1.30. The van der Waals surface area contributed by atoms with Crippen LogP contribution >= 0.6 is 11.8 Å². The molecule has 1 heterocycles. The van der Waals surface area contributed by atoms with Gasteiger partial charge in [-0.3, -0.25) is 4.89 Å². The summed E-state index contributed by atoms with van der Waals surface area (Å²) in [6.07, 6.45) is 3.72. The highest BCUT2D eigenvalue weighted by molar-refractivity contribution is 7.99. The molecule has 1 unspecified atom stereocenters. The van der Waals surface area contributed by atoms with Crippen molar-refractivity contribution in [2.24, 2.45) is 0 Å². The molecule has 0 spiro atoms. The Morgan fingerprint density at radius 2 is 1.85 bits per heavy atom. The van der Waals surface area contributed by atoms with Crippen molar-refractivity contribution in [3.05, 3.63) is 66.2 Å². The van der Waals surface area contributed by atoms with Gasteiger partial charge in [-0.05, 0) is 50.6 Å². The quantitative estimate of drug-likeness (QED) is 0.263. The molecule has 3 rings (SSSR count). The fourth-order valence-corrected chi connectivity index (χ4v) is 4.27. The van der Waals surface area contributed by atoms with E-state index in [1.54, 1.807) is 0 Å². The van der Waals surface area contributed by atoms with Gasteiger partial charge < -0.3 is 14.4 Å². The van der Waals surface area contributed by atoms with E-state index in [0.717, 1.165) is 30.2 Å². The Morgan fingerprint density at radius 3 is 2.52 bits per heavy atom. The van der Waals surface area contributed by atoms with Gasteiger partial charge in [0.2, 0.25) is 0 Å². The predicted molar refractivity (Wildman–Crippen MR) is 134 cm³/mol. The molecule has 33 heavy (non-hydrogen) atoms. The number of allylic oxidation sites excluding steroid dienone is 2. The number of para-hydroxylation sites is 1. The average molecular weight is 474 g/mol.